The fraction of sp³-hybridized carbons (Fsp3) is 0.273. The summed E-state index contributed by atoms with van der Waals surface area (Å²) < 4.78 is 23.9. The van der Waals surface area contributed by atoms with Crippen LogP contribution in [0.15, 0.2) is 146 Å². The van der Waals surface area contributed by atoms with Gasteiger partial charge in [-0.25, -0.2) is 9.37 Å². The summed E-state index contributed by atoms with van der Waals surface area (Å²) in [5.74, 6) is 2.40. The Balaban J connectivity index is 0.00000656. The van der Waals surface area contributed by atoms with E-state index in [1.54, 1.807) is 12.1 Å². The van der Waals surface area contributed by atoms with Crippen molar-refractivity contribution in [1.82, 2.24) is 9.55 Å². The summed E-state index contributed by atoms with van der Waals surface area (Å²) in [5, 5.41) is 2.20. The van der Waals surface area contributed by atoms with Crippen LogP contribution in [0.1, 0.15) is 130 Å². The number of benzene rings is 7. The number of hydrogen-bond acceptors (Lipinski definition) is 4. The molecular formula is C66H66FN4OPt-3. The van der Waals surface area contributed by atoms with E-state index >= 15 is 0 Å². The number of halogens is 1. The molecule has 0 atom stereocenters. The van der Waals surface area contributed by atoms with Gasteiger partial charge < -0.3 is 19.1 Å². The van der Waals surface area contributed by atoms with Crippen LogP contribution in [-0.2, 0) is 37.3 Å². The number of anilines is 4. The van der Waals surface area contributed by atoms with Crippen LogP contribution in [0.25, 0.3) is 49.9 Å². The van der Waals surface area contributed by atoms with Gasteiger partial charge >= 0.3 is 0 Å². The van der Waals surface area contributed by atoms with Gasteiger partial charge in [-0.3, -0.25) is 0 Å². The van der Waals surface area contributed by atoms with E-state index in [9.17, 15) is 4.39 Å². The van der Waals surface area contributed by atoms with E-state index in [1.165, 1.54) is 22.3 Å². The van der Waals surface area contributed by atoms with Crippen molar-refractivity contribution in [2.24, 2.45) is 0 Å². The monoisotopic (exact) mass is 1140 g/mol. The van der Waals surface area contributed by atoms with Crippen LogP contribution in [0.4, 0.5) is 27.1 Å². The van der Waals surface area contributed by atoms with E-state index in [4.69, 9.17) is 9.72 Å². The van der Waals surface area contributed by atoms with Gasteiger partial charge in [0.2, 0.25) is 0 Å². The van der Waals surface area contributed by atoms with Crippen molar-refractivity contribution >= 4 is 44.6 Å². The van der Waals surface area contributed by atoms with Crippen molar-refractivity contribution in [2.45, 2.75) is 118 Å². The molecule has 2 aromatic heterocycles. The van der Waals surface area contributed by atoms with E-state index in [-0.39, 0.29) is 43.1 Å². The Labute approximate surface area is 447 Å². The Bertz CT molecular complexity index is 3490. The van der Waals surface area contributed by atoms with E-state index in [2.05, 4.69) is 232 Å². The summed E-state index contributed by atoms with van der Waals surface area (Å²) in [7, 11) is 0. The predicted octanol–water partition coefficient (Wildman–Crippen LogP) is 18.6. The van der Waals surface area contributed by atoms with Gasteiger partial charge in [-0.1, -0.05) is 156 Å². The molecule has 0 N–H and O–H groups in total. The molecule has 0 amide bonds. The molecule has 0 fully saturated rings. The first-order valence-electron chi connectivity index (χ1n) is 25.4. The Morgan fingerprint density at radius 1 is 0.548 bits per heavy atom. The number of ether oxygens (including phenoxy) is 1. The number of para-hydroxylation sites is 3. The number of fused-ring (bicyclic) bond motifs is 4. The average Bonchev–Trinajstić information content (AvgIpc) is 3.89. The van der Waals surface area contributed by atoms with Gasteiger partial charge in [0.1, 0.15) is 11.6 Å². The maximum atomic E-state index is 14.8. The van der Waals surface area contributed by atoms with E-state index in [0.29, 0.717) is 23.3 Å². The quantitative estimate of drug-likeness (QED) is 0.135. The van der Waals surface area contributed by atoms with E-state index < -0.39 is 0 Å². The predicted molar refractivity (Wildman–Crippen MR) is 299 cm³/mol. The fourth-order valence-corrected chi connectivity index (χ4v) is 9.82. The second kappa shape index (κ2) is 19.4. The van der Waals surface area contributed by atoms with Gasteiger partial charge in [0.25, 0.3) is 0 Å². The van der Waals surface area contributed by atoms with Crippen LogP contribution in [0, 0.1) is 24.6 Å². The third-order valence-electron chi connectivity index (χ3n) is 14.2. The van der Waals surface area contributed by atoms with Crippen molar-refractivity contribution < 1.29 is 30.2 Å². The summed E-state index contributed by atoms with van der Waals surface area (Å²) in [6, 6.07) is 55.9. The smallest absolute Gasteiger partial charge is 0.135 e. The Morgan fingerprint density at radius 3 is 1.77 bits per heavy atom. The van der Waals surface area contributed by atoms with Crippen molar-refractivity contribution in [3.05, 3.63) is 198 Å². The number of rotatable bonds is 9. The first kappa shape index (κ1) is 51.4. The average molecular weight is 1150 g/mol. The standard InChI is InChI=1S/C66H66FN4O.Pt/c1-41(2)44-30-45(42(3)4)32-46(31-44)57-36-49(66(11,12)13)35-56(43-22-24-50(67)25-23-43)63(57)70-40-69(59-20-16-17-21-60(59)70)51-33-48(65(8,9)10)34-53(38-51)72-52-26-27-55-54-18-14-15-19-58(54)71(61(55)39-52)62-37-47(28-29-68-62)64(5,6)7;/h14-37,40-42H,1-13H3;/q-3;. The number of hydrogen-bond donors (Lipinski definition) is 0. The minimum atomic E-state index is -0.266. The second-order valence-electron chi connectivity index (χ2n) is 23.3. The molecule has 7 heteroatoms. The zero-order chi connectivity index (χ0) is 51.0. The molecule has 73 heavy (non-hydrogen) atoms. The molecule has 10 rings (SSSR count). The van der Waals surface area contributed by atoms with Gasteiger partial charge in [-0.2, -0.15) is 6.07 Å². The minimum absolute atomic E-state index is 0. The molecule has 5 nitrogen and oxygen atoms in total. The maximum absolute atomic E-state index is 14.8. The summed E-state index contributed by atoms with van der Waals surface area (Å²) in [4.78, 5) is 9.46. The van der Waals surface area contributed by atoms with Crippen LogP contribution >= 0.6 is 0 Å². The van der Waals surface area contributed by atoms with Crippen molar-refractivity contribution in [1.29, 1.82) is 0 Å². The van der Waals surface area contributed by atoms with Gasteiger partial charge in [0, 0.05) is 72.5 Å². The second-order valence-corrected chi connectivity index (χ2v) is 23.3. The van der Waals surface area contributed by atoms with Crippen LogP contribution in [0.2, 0.25) is 0 Å². The molecule has 0 spiro atoms. The summed E-state index contributed by atoms with van der Waals surface area (Å²) in [6.45, 7) is 31.4. The summed E-state index contributed by atoms with van der Waals surface area (Å²) in [5.41, 5.74) is 15.7. The Morgan fingerprint density at radius 2 is 1.14 bits per heavy atom. The summed E-state index contributed by atoms with van der Waals surface area (Å²) in [6.07, 6.45) is 1.90. The van der Waals surface area contributed by atoms with Gasteiger partial charge in [0.05, 0.1) is 0 Å². The molecule has 0 bridgehead atoms. The zero-order valence-electron chi connectivity index (χ0n) is 44.5. The zero-order valence-corrected chi connectivity index (χ0v) is 46.8. The first-order valence-corrected chi connectivity index (χ1v) is 25.4. The molecule has 376 valence electrons. The van der Waals surface area contributed by atoms with Gasteiger partial charge in [-0.15, -0.1) is 53.6 Å². The molecule has 7 aromatic carbocycles. The molecule has 1 aliphatic rings. The van der Waals surface area contributed by atoms with Gasteiger partial charge in [0.15, 0.2) is 0 Å². The summed E-state index contributed by atoms with van der Waals surface area (Å²) >= 11 is 0. The number of nitrogens with zero attached hydrogens (tertiary/aromatic N) is 4. The topological polar surface area (TPSA) is 33.5 Å². The minimum Gasteiger partial charge on any atom is -0.509 e. The van der Waals surface area contributed by atoms with Crippen LogP contribution in [0.3, 0.4) is 0 Å². The molecule has 0 aliphatic carbocycles. The van der Waals surface area contributed by atoms with Crippen LogP contribution in [-0.4, -0.2) is 9.55 Å². The van der Waals surface area contributed by atoms with E-state index in [1.807, 2.05) is 24.4 Å². The van der Waals surface area contributed by atoms with Crippen LogP contribution < -0.4 is 14.5 Å². The largest absolute Gasteiger partial charge is 0.509 e. The molecule has 9 aromatic rings. The maximum Gasteiger partial charge on any atom is 0.135 e. The molecule has 1 aliphatic heterocycles. The molecule has 0 saturated carbocycles. The van der Waals surface area contributed by atoms with E-state index in [0.717, 1.165) is 78.2 Å². The van der Waals surface area contributed by atoms with Crippen LogP contribution in [0.5, 0.6) is 11.5 Å². The number of pyridine rings is 1. The van der Waals surface area contributed by atoms with Crippen molar-refractivity contribution in [3.63, 3.8) is 0 Å². The molecular weight excluding hydrogens is 1080 g/mol. The van der Waals surface area contributed by atoms with Crippen molar-refractivity contribution in [2.75, 3.05) is 9.80 Å². The van der Waals surface area contributed by atoms with Crippen molar-refractivity contribution in [3.8, 4) is 39.6 Å². The molecule has 3 heterocycles. The third-order valence-corrected chi connectivity index (χ3v) is 14.2. The Hall–Kier alpha value is -6.49. The SMILES string of the molecule is CC(C)c1cc(-c2cc(C(C)(C)C)cc(-c3ccc(F)cc3)c2N2[CH-]N(c3[c-]c(Oc4[c-]c5c(cc4)c4ccccc4n5-c4cc(C(C)(C)C)ccn4)cc(C(C)(C)C)c3)c3ccccc32)cc(C(C)C)c1.[Pt]. The molecule has 0 radical (unpaired) electrons. The normalized spacial score (nSPS) is 13.1. The van der Waals surface area contributed by atoms with Gasteiger partial charge in [-0.05, 0) is 121 Å². The fourth-order valence-electron chi connectivity index (χ4n) is 9.82. The molecule has 0 unspecified atom stereocenters. The molecule has 0 saturated heterocycles. The first-order chi connectivity index (χ1) is 34.1. The number of aromatic nitrogens is 2. The third kappa shape index (κ3) is 10.0. The Kier molecular flexibility index (Phi) is 13.7.